The molecule has 1 fully saturated rings. The van der Waals surface area contributed by atoms with Crippen molar-refractivity contribution in [2.45, 2.75) is 38.2 Å². The molecule has 0 radical (unpaired) electrons. The molecule has 5 heteroatoms. The van der Waals surface area contributed by atoms with Gasteiger partial charge in [-0.1, -0.05) is 0 Å². The lowest BCUT2D eigenvalue weighted by molar-refractivity contribution is -0.137. The Morgan fingerprint density at radius 2 is 2.27 bits per heavy atom. The monoisotopic (exact) mass is 234 g/mol. The Morgan fingerprint density at radius 1 is 1.47 bits per heavy atom. The minimum atomic E-state index is -0.843. The van der Waals surface area contributed by atoms with Gasteiger partial charge in [-0.2, -0.15) is 0 Å². The molecule has 0 saturated carbocycles. The summed E-state index contributed by atoms with van der Waals surface area (Å²) in [5, 5.41) is 8.41. The summed E-state index contributed by atoms with van der Waals surface area (Å²) < 4.78 is 16.9. The van der Waals surface area contributed by atoms with E-state index in [9.17, 15) is 9.00 Å². The van der Waals surface area contributed by atoms with Crippen molar-refractivity contribution in [2.24, 2.45) is 0 Å². The zero-order chi connectivity index (χ0) is 11.1. The standard InChI is InChI=1S/C10H18O4S/c11-10(12)5-1-2-7-15(13)8-9-4-3-6-14-9/h9H,1-8H2,(H,11,12). The zero-order valence-corrected chi connectivity index (χ0v) is 9.63. The van der Waals surface area contributed by atoms with Crippen LogP contribution < -0.4 is 0 Å². The van der Waals surface area contributed by atoms with Crippen molar-refractivity contribution in [3.63, 3.8) is 0 Å². The third kappa shape index (κ3) is 5.89. The summed E-state index contributed by atoms with van der Waals surface area (Å²) in [6.45, 7) is 0.793. The largest absolute Gasteiger partial charge is 0.481 e. The summed E-state index contributed by atoms with van der Waals surface area (Å²) in [7, 11) is -0.843. The van der Waals surface area contributed by atoms with E-state index >= 15 is 0 Å². The van der Waals surface area contributed by atoms with Crippen LogP contribution in [0.3, 0.4) is 0 Å². The van der Waals surface area contributed by atoms with Crippen LogP contribution in [-0.4, -0.2) is 39.5 Å². The summed E-state index contributed by atoms with van der Waals surface area (Å²) >= 11 is 0. The molecule has 1 rings (SSSR count). The summed E-state index contributed by atoms with van der Waals surface area (Å²) in [5.74, 6) is 0.445. The normalized spacial score (nSPS) is 22.8. The van der Waals surface area contributed by atoms with E-state index in [4.69, 9.17) is 9.84 Å². The van der Waals surface area contributed by atoms with Crippen molar-refractivity contribution in [2.75, 3.05) is 18.1 Å². The van der Waals surface area contributed by atoms with Gasteiger partial charge in [-0.3, -0.25) is 9.00 Å². The minimum absolute atomic E-state index is 0.172. The van der Waals surface area contributed by atoms with Crippen LogP contribution in [0.2, 0.25) is 0 Å². The molecule has 88 valence electrons. The molecule has 0 amide bonds. The fourth-order valence-electron chi connectivity index (χ4n) is 1.61. The number of hydrogen-bond donors (Lipinski definition) is 1. The smallest absolute Gasteiger partial charge is 0.303 e. The van der Waals surface area contributed by atoms with Gasteiger partial charge in [0.15, 0.2) is 0 Å². The van der Waals surface area contributed by atoms with Crippen molar-refractivity contribution >= 4 is 16.8 Å². The maximum absolute atomic E-state index is 11.5. The Morgan fingerprint density at radius 3 is 2.87 bits per heavy atom. The lowest BCUT2D eigenvalue weighted by Gasteiger charge is -2.08. The van der Waals surface area contributed by atoms with Gasteiger partial charge >= 0.3 is 5.97 Å². The summed E-state index contributed by atoms with van der Waals surface area (Å²) in [6, 6.07) is 0. The first-order valence-corrected chi connectivity index (χ1v) is 6.85. The fourth-order valence-corrected chi connectivity index (χ4v) is 2.98. The van der Waals surface area contributed by atoms with Crippen molar-refractivity contribution in [3.05, 3.63) is 0 Å². The van der Waals surface area contributed by atoms with Gasteiger partial charge in [0.25, 0.3) is 0 Å². The summed E-state index contributed by atoms with van der Waals surface area (Å²) in [4.78, 5) is 10.2. The average Bonchev–Trinajstić information content (AvgIpc) is 2.64. The number of hydrogen-bond acceptors (Lipinski definition) is 3. The highest BCUT2D eigenvalue weighted by Crippen LogP contribution is 2.13. The van der Waals surface area contributed by atoms with Gasteiger partial charge in [0, 0.05) is 35.3 Å². The third-order valence-corrected chi connectivity index (χ3v) is 3.90. The molecule has 0 aliphatic carbocycles. The second kappa shape index (κ2) is 6.95. The van der Waals surface area contributed by atoms with Crippen molar-refractivity contribution in [1.29, 1.82) is 0 Å². The van der Waals surface area contributed by atoms with Crippen LogP contribution in [0.25, 0.3) is 0 Å². The predicted octanol–water partition coefficient (Wildman–Crippen LogP) is 1.17. The lowest BCUT2D eigenvalue weighted by atomic mass is 10.2. The quantitative estimate of drug-likeness (QED) is 0.672. The topological polar surface area (TPSA) is 63.6 Å². The van der Waals surface area contributed by atoms with E-state index in [2.05, 4.69) is 0 Å². The maximum Gasteiger partial charge on any atom is 0.303 e. The molecular formula is C10H18O4S. The Balaban J connectivity index is 2.00. The zero-order valence-electron chi connectivity index (χ0n) is 8.81. The van der Waals surface area contributed by atoms with E-state index in [1.807, 2.05) is 0 Å². The SMILES string of the molecule is O=C(O)CCCCS(=O)CC1CCCO1. The molecule has 2 atom stereocenters. The van der Waals surface area contributed by atoms with E-state index in [1.165, 1.54) is 0 Å². The Kier molecular flexibility index (Phi) is 5.86. The molecule has 0 bridgehead atoms. The number of rotatable bonds is 7. The molecule has 2 unspecified atom stereocenters. The molecule has 0 spiro atoms. The van der Waals surface area contributed by atoms with Gasteiger partial charge in [0.2, 0.25) is 0 Å². The molecule has 4 nitrogen and oxygen atoms in total. The second-order valence-corrected chi connectivity index (χ2v) is 5.42. The van der Waals surface area contributed by atoms with E-state index in [-0.39, 0.29) is 12.5 Å². The number of unbranched alkanes of at least 4 members (excludes halogenated alkanes) is 1. The van der Waals surface area contributed by atoms with Gasteiger partial charge in [0.05, 0.1) is 6.10 Å². The molecule has 0 aromatic heterocycles. The van der Waals surface area contributed by atoms with E-state index in [0.29, 0.717) is 17.9 Å². The van der Waals surface area contributed by atoms with Crippen LogP contribution in [0.4, 0.5) is 0 Å². The van der Waals surface area contributed by atoms with Gasteiger partial charge in [-0.25, -0.2) is 0 Å². The highest BCUT2D eigenvalue weighted by molar-refractivity contribution is 7.85. The molecule has 1 heterocycles. The molecular weight excluding hydrogens is 216 g/mol. The molecule has 1 aliphatic rings. The van der Waals surface area contributed by atoms with Gasteiger partial charge in [-0.15, -0.1) is 0 Å². The van der Waals surface area contributed by atoms with Crippen molar-refractivity contribution < 1.29 is 18.8 Å². The molecule has 1 aliphatic heterocycles. The second-order valence-electron chi connectivity index (χ2n) is 3.80. The maximum atomic E-state index is 11.5. The summed E-state index contributed by atoms with van der Waals surface area (Å²) in [6.07, 6.45) is 3.78. The first kappa shape index (κ1) is 12.6. The molecule has 0 aromatic carbocycles. The first-order chi connectivity index (χ1) is 7.18. The predicted molar refractivity (Wildman–Crippen MR) is 58.3 cm³/mol. The van der Waals surface area contributed by atoms with Crippen LogP contribution in [0.5, 0.6) is 0 Å². The van der Waals surface area contributed by atoms with Crippen LogP contribution in [-0.2, 0) is 20.3 Å². The van der Waals surface area contributed by atoms with Crippen molar-refractivity contribution in [3.8, 4) is 0 Å². The van der Waals surface area contributed by atoms with Crippen LogP contribution in [0, 0.1) is 0 Å². The minimum Gasteiger partial charge on any atom is -0.481 e. The van der Waals surface area contributed by atoms with Crippen LogP contribution >= 0.6 is 0 Å². The highest BCUT2D eigenvalue weighted by atomic mass is 32.2. The first-order valence-electron chi connectivity index (χ1n) is 5.37. The van der Waals surface area contributed by atoms with Gasteiger partial charge in [-0.05, 0) is 25.7 Å². The van der Waals surface area contributed by atoms with Crippen molar-refractivity contribution in [1.82, 2.24) is 0 Å². The number of aliphatic carboxylic acids is 1. The van der Waals surface area contributed by atoms with Crippen LogP contribution in [0.15, 0.2) is 0 Å². The third-order valence-electron chi connectivity index (χ3n) is 2.41. The molecule has 0 aromatic rings. The Bertz CT molecular complexity index is 223. The lowest BCUT2D eigenvalue weighted by Crippen LogP contribution is -2.17. The molecule has 15 heavy (non-hydrogen) atoms. The number of ether oxygens (including phenoxy) is 1. The van der Waals surface area contributed by atoms with Gasteiger partial charge in [0.1, 0.15) is 0 Å². The molecule has 1 N–H and O–H groups in total. The number of carboxylic acids is 1. The van der Waals surface area contributed by atoms with E-state index in [0.717, 1.165) is 25.9 Å². The number of carbonyl (C=O) groups is 1. The average molecular weight is 234 g/mol. The van der Waals surface area contributed by atoms with E-state index < -0.39 is 16.8 Å². The van der Waals surface area contributed by atoms with Crippen LogP contribution in [0.1, 0.15) is 32.1 Å². The highest BCUT2D eigenvalue weighted by Gasteiger charge is 2.17. The fraction of sp³-hybridized carbons (Fsp3) is 0.900. The molecule has 1 saturated heterocycles. The Labute approximate surface area is 92.5 Å². The summed E-state index contributed by atoms with van der Waals surface area (Å²) in [5.41, 5.74) is 0. The number of carboxylic acid groups (broad SMARTS) is 1. The van der Waals surface area contributed by atoms with E-state index in [1.54, 1.807) is 0 Å². The Hall–Kier alpha value is -0.420. The van der Waals surface area contributed by atoms with Gasteiger partial charge < -0.3 is 9.84 Å².